The third-order valence-corrected chi connectivity index (χ3v) is 6.48. The summed E-state index contributed by atoms with van der Waals surface area (Å²) in [5.74, 6) is -0.550. The monoisotopic (exact) mass is 363 g/mol. The molecule has 0 aliphatic carbocycles. The van der Waals surface area contributed by atoms with Gasteiger partial charge in [-0.2, -0.15) is 0 Å². The van der Waals surface area contributed by atoms with Crippen molar-refractivity contribution in [3.05, 3.63) is 54.1 Å². The van der Waals surface area contributed by atoms with Crippen molar-refractivity contribution in [2.24, 2.45) is 0 Å². The maximum Gasteiger partial charge on any atom is 0.264 e. The highest BCUT2D eigenvalue weighted by Crippen LogP contribution is 2.57. The predicted octanol–water partition coefficient (Wildman–Crippen LogP) is 3.78. The van der Waals surface area contributed by atoms with Gasteiger partial charge in [0.15, 0.2) is 5.85 Å². The number of nitrogens with zero attached hydrogens (tertiary/aromatic N) is 1. The largest absolute Gasteiger partial charge is 0.497 e. The van der Waals surface area contributed by atoms with Crippen LogP contribution in [0, 0.1) is 0 Å². The molecule has 0 fully saturated rings. The molecule has 0 spiro atoms. The quantitative estimate of drug-likeness (QED) is 0.723. The maximum absolute atomic E-state index is 13.6. The number of aliphatic hydroxyl groups is 1. The molecule has 136 valence electrons. The lowest BCUT2D eigenvalue weighted by atomic mass is 10.2. The van der Waals surface area contributed by atoms with E-state index in [-0.39, 0.29) is 0 Å². The van der Waals surface area contributed by atoms with Gasteiger partial charge in [0.2, 0.25) is 0 Å². The number of anilines is 1. The SMILES string of the molecule is CCCO[P@](=O)(c1ccc(N(C)C)cc1)[C@@H](O)c1ccc(OC)cc1. The van der Waals surface area contributed by atoms with Gasteiger partial charge >= 0.3 is 0 Å². The maximum atomic E-state index is 13.6. The summed E-state index contributed by atoms with van der Waals surface area (Å²) in [5, 5.41) is 11.3. The first-order valence-electron chi connectivity index (χ1n) is 8.26. The second-order valence-electron chi connectivity index (χ2n) is 5.99. The summed E-state index contributed by atoms with van der Waals surface area (Å²) in [6.45, 7) is 2.26. The summed E-state index contributed by atoms with van der Waals surface area (Å²) in [5.41, 5.74) is 1.53. The number of hydrogen-bond acceptors (Lipinski definition) is 5. The highest BCUT2D eigenvalue weighted by molar-refractivity contribution is 7.67. The summed E-state index contributed by atoms with van der Waals surface area (Å²) < 4.78 is 24.4. The van der Waals surface area contributed by atoms with Gasteiger partial charge < -0.3 is 19.3 Å². The smallest absolute Gasteiger partial charge is 0.264 e. The average molecular weight is 363 g/mol. The fourth-order valence-corrected chi connectivity index (χ4v) is 4.60. The van der Waals surface area contributed by atoms with Crippen molar-refractivity contribution in [1.29, 1.82) is 0 Å². The fraction of sp³-hybridized carbons (Fsp3) is 0.368. The third kappa shape index (κ3) is 4.43. The van der Waals surface area contributed by atoms with Crippen molar-refractivity contribution in [2.45, 2.75) is 19.2 Å². The Balaban J connectivity index is 2.39. The Bertz CT molecular complexity index is 713. The van der Waals surface area contributed by atoms with Gasteiger partial charge in [0.1, 0.15) is 5.75 Å². The number of methoxy groups -OCH3 is 1. The van der Waals surface area contributed by atoms with Crippen LogP contribution in [0.4, 0.5) is 5.69 Å². The molecule has 2 atom stereocenters. The molecule has 0 saturated carbocycles. The molecule has 0 radical (unpaired) electrons. The fourth-order valence-electron chi connectivity index (χ4n) is 2.44. The van der Waals surface area contributed by atoms with Crippen LogP contribution in [0.2, 0.25) is 0 Å². The number of benzene rings is 2. The highest BCUT2D eigenvalue weighted by atomic mass is 31.2. The van der Waals surface area contributed by atoms with Crippen LogP contribution in [0.25, 0.3) is 0 Å². The Kier molecular flexibility index (Phi) is 6.65. The zero-order valence-corrected chi connectivity index (χ0v) is 16.1. The molecule has 0 heterocycles. The lowest BCUT2D eigenvalue weighted by molar-refractivity contribution is 0.214. The van der Waals surface area contributed by atoms with Crippen LogP contribution in [0.5, 0.6) is 5.75 Å². The van der Waals surface area contributed by atoms with Gasteiger partial charge in [0.05, 0.1) is 13.7 Å². The first kappa shape index (κ1) is 19.5. The number of hydrogen-bond donors (Lipinski definition) is 1. The molecule has 0 unspecified atom stereocenters. The summed E-state index contributed by atoms with van der Waals surface area (Å²) >= 11 is 0. The zero-order valence-electron chi connectivity index (χ0n) is 15.2. The molecule has 0 amide bonds. The standard InChI is InChI=1S/C19H26NO4P/c1-5-14-24-25(22,18-12-8-16(9-13-18)20(2)3)19(21)15-6-10-17(23-4)11-7-15/h6-13,19,21H,5,14H2,1-4H3/t19-,25-/m1/s1. The normalized spacial score (nSPS) is 14.6. The first-order chi connectivity index (χ1) is 11.9. The molecule has 0 bridgehead atoms. The first-order valence-corrected chi connectivity index (χ1v) is 9.96. The Morgan fingerprint density at radius 3 is 2.16 bits per heavy atom. The molecule has 0 saturated heterocycles. The van der Waals surface area contributed by atoms with E-state index < -0.39 is 13.2 Å². The molecule has 0 aliphatic heterocycles. The van der Waals surface area contributed by atoms with Crippen molar-refractivity contribution in [3.8, 4) is 5.75 Å². The van der Waals surface area contributed by atoms with Crippen LogP contribution in [-0.4, -0.2) is 32.9 Å². The second kappa shape index (κ2) is 8.52. The molecule has 2 aromatic carbocycles. The van der Waals surface area contributed by atoms with E-state index >= 15 is 0 Å². The van der Waals surface area contributed by atoms with Crippen LogP contribution < -0.4 is 14.9 Å². The van der Waals surface area contributed by atoms with Gasteiger partial charge in [-0.25, -0.2) is 0 Å². The Labute approximate surface area is 149 Å². The van der Waals surface area contributed by atoms with E-state index in [2.05, 4.69) is 0 Å². The summed E-state index contributed by atoms with van der Waals surface area (Å²) in [7, 11) is 1.98. The zero-order chi connectivity index (χ0) is 18.4. The minimum Gasteiger partial charge on any atom is -0.497 e. The van der Waals surface area contributed by atoms with Crippen LogP contribution in [-0.2, 0) is 9.09 Å². The number of ether oxygens (including phenoxy) is 1. The van der Waals surface area contributed by atoms with Crippen LogP contribution in [0.15, 0.2) is 48.5 Å². The topological polar surface area (TPSA) is 59.0 Å². The molecule has 0 aliphatic rings. The summed E-state index contributed by atoms with van der Waals surface area (Å²) in [6.07, 6.45) is 0.717. The van der Waals surface area contributed by atoms with Crippen LogP contribution >= 0.6 is 7.37 Å². The predicted molar refractivity (Wildman–Crippen MR) is 102 cm³/mol. The van der Waals surface area contributed by atoms with E-state index in [9.17, 15) is 9.67 Å². The molecule has 5 nitrogen and oxygen atoms in total. The van der Waals surface area contributed by atoms with Crippen LogP contribution in [0.1, 0.15) is 24.8 Å². The van der Waals surface area contributed by atoms with Crippen molar-refractivity contribution < 1.29 is 18.9 Å². The summed E-state index contributed by atoms with van der Waals surface area (Å²) in [6, 6.07) is 14.2. The van der Waals surface area contributed by atoms with Gasteiger partial charge in [-0.15, -0.1) is 0 Å². The molecular formula is C19H26NO4P. The van der Waals surface area contributed by atoms with Crippen molar-refractivity contribution in [1.82, 2.24) is 0 Å². The summed E-state index contributed by atoms with van der Waals surface area (Å²) in [4.78, 5) is 1.96. The molecule has 6 heteroatoms. The van der Waals surface area contributed by atoms with Crippen molar-refractivity contribution >= 4 is 18.4 Å². The lowest BCUT2D eigenvalue weighted by Crippen LogP contribution is -2.16. The molecule has 0 aromatic heterocycles. The molecule has 25 heavy (non-hydrogen) atoms. The second-order valence-corrected chi connectivity index (χ2v) is 8.45. The van der Waals surface area contributed by atoms with Gasteiger partial charge in [-0.3, -0.25) is 4.57 Å². The van der Waals surface area contributed by atoms with E-state index in [1.54, 1.807) is 43.5 Å². The van der Waals surface area contributed by atoms with Crippen molar-refractivity contribution in [3.63, 3.8) is 0 Å². The molecular weight excluding hydrogens is 337 g/mol. The molecule has 2 rings (SSSR count). The van der Waals surface area contributed by atoms with Crippen LogP contribution in [0.3, 0.4) is 0 Å². The van der Waals surface area contributed by atoms with E-state index in [0.717, 1.165) is 12.1 Å². The highest BCUT2D eigenvalue weighted by Gasteiger charge is 2.36. The Morgan fingerprint density at radius 1 is 1.08 bits per heavy atom. The van der Waals surface area contributed by atoms with Gasteiger partial charge in [-0.05, 0) is 48.4 Å². The van der Waals surface area contributed by atoms with E-state index in [4.69, 9.17) is 9.26 Å². The van der Waals surface area contributed by atoms with Gasteiger partial charge in [-0.1, -0.05) is 19.1 Å². The lowest BCUT2D eigenvalue weighted by Gasteiger charge is -2.25. The Morgan fingerprint density at radius 2 is 1.68 bits per heavy atom. The average Bonchev–Trinajstić information content (AvgIpc) is 2.65. The number of aliphatic hydroxyl groups excluding tert-OH is 1. The minimum atomic E-state index is -3.48. The number of rotatable bonds is 8. The van der Waals surface area contributed by atoms with E-state index in [0.29, 0.717) is 23.2 Å². The van der Waals surface area contributed by atoms with Crippen molar-refractivity contribution in [2.75, 3.05) is 32.7 Å². The minimum absolute atomic E-state index is 0.319. The van der Waals surface area contributed by atoms with E-state index in [1.165, 1.54) is 0 Å². The third-order valence-electron chi connectivity index (χ3n) is 3.95. The molecule has 1 N–H and O–H groups in total. The van der Waals surface area contributed by atoms with Gasteiger partial charge in [0.25, 0.3) is 7.37 Å². The Hall–Kier alpha value is -1.81. The molecule has 2 aromatic rings. The van der Waals surface area contributed by atoms with E-state index in [1.807, 2.05) is 38.1 Å². The van der Waals surface area contributed by atoms with Gasteiger partial charge in [0, 0.05) is 25.1 Å².